The predicted octanol–water partition coefficient (Wildman–Crippen LogP) is 14.9. The molecule has 1 heterocycles. The molecule has 70 heavy (non-hydrogen) atoms. The standard InChI is InChI=1S/C61H106O9/c1-3-5-7-9-11-13-15-17-19-21-23-25-26-27-28-29-31-33-35-37-39-41-43-45-47-49-51-67-53-55(54-68-61-60(66)59(65)58(64)56(52-62)70-61)69-57(63)50-48-46-44-42-40-38-36-34-32-30-24-22-20-18-16-14-12-10-8-6-4-2/h5,7,11,13,16-19,22-25,32,34,55-56,58-62,64-66H,3-4,6,8-10,12,14-15,20-21,26-31,33,35-54H2,1-2H3/b7-5-,13-11-,18-16-,19-17-,24-22-,25-23-,34-32-. The van der Waals surface area contributed by atoms with E-state index in [4.69, 9.17) is 18.9 Å². The van der Waals surface area contributed by atoms with Gasteiger partial charge in [-0.1, -0.05) is 221 Å². The van der Waals surface area contributed by atoms with Gasteiger partial charge in [0, 0.05) is 13.0 Å². The molecule has 0 saturated carbocycles. The highest BCUT2D eigenvalue weighted by Crippen LogP contribution is 2.23. The topological polar surface area (TPSA) is 135 Å². The molecule has 6 unspecified atom stereocenters. The summed E-state index contributed by atoms with van der Waals surface area (Å²) >= 11 is 0. The van der Waals surface area contributed by atoms with Gasteiger partial charge in [-0.25, -0.2) is 0 Å². The van der Waals surface area contributed by atoms with Crippen LogP contribution in [0.3, 0.4) is 0 Å². The number of esters is 1. The molecule has 1 saturated heterocycles. The molecule has 4 N–H and O–H groups in total. The first-order valence-electron chi connectivity index (χ1n) is 28.7. The fourth-order valence-electron chi connectivity index (χ4n) is 8.37. The molecular weight excluding hydrogens is 877 g/mol. The number of carbonyl (C=O) groups is 1. The van der Waals surface area contributed by atoms with Gasteiger partial charge in [0.2, 0.25) is 0 Å². The molecule has 0 aromatic heterocycles. The Balaban J connectivity index is 2.17. The lowest BCUT2D eigenvalue weighted by atomic mass is 9.99. The van der Waals surface area contributed by atoms with Crippen molar-refractivity contribution in [3.8, 4) is 0 Å². The van der Waals surface area contributed by atoms with Gasteiger partial charge in [0.05, 0.1) is 19.8 Å². The van der Waals surface area contributed by atoms with Crippen molar-refractivity contribution in [1.29, 1.82) is 0 Å². The number of aliphatic hydroxyl groups is 4. The number of hydrogen-bond donors (Lipinski definition) is 4. The molecule has 6 atom stereocenters. The van der Waals surface area contributed by atoms with E-state index in [0.29, 0.717) is 13.0 Å². The summed E-state index contributed by atoms with van der Waals surface area (Å²) < 4.78 is 23.0. The van der Waals surface area contributed by atoms with Crippen LogP contribution in [-0.2, 0) is 23.7 Å². The highest BCUT2D eigenvalue weighted by atomic mass is 16.7. The maximum atomic E-state index is 12.9. The van der Waals surface area contributed by atoms with E-state index in [1.807, 2.05) is 0 Å². The highest BCUT2D eigenvalue weighted by Gasteiger charge is 2.44. The van der Waals surface area contributed by atoms with E-state index < -0.39 is 43.4 Å². The zero-order valence-corrected chi connectivity index (χ0v) is 44.7. The van der Waals surface area contributed by atoms with Gasteiger partial charge in [-0.05, 0) is 89.9 Å². The minimum Gasteiger partial charge on any atom is -0.457 e. The third-order valence-electron chi connectivity index (χ3n) is 12.8. The summed E-state index contributed by atoms with van der Waals surface area (Å²) in [5.41, 5.74) is 0. The van der Waals surface area contributed by atoms with E-state index in [1.54, 1.807) is 0 Å². The Morgan fingerprint density at radius 2 is 0.871 bits per heavy atom. The number of hydrogen-bond acceptors (Lipinski definition) is 9. The fraction of sp³-hybridized carbons (Fsp3) is 0.754. The van der Waals surface area contributed by atoms with Crippen LogP contribution in [0.15, 0.2) is 85.1 Å². The molecule has 0 aliphatic carbocycles. The number of rotatable bonds is 49. The maximum Gasteiger partial charge on any atom is 0.306 e. The molecule has 1 aliphatic heterocycles. The van der Waals surface area contributed by atoms with Crippen LogP contribution in [0, 0.1) is 0 Å². The van der Waals surface area contributed by atoms with E-state index >= 15 is 0 Å². The zero-order valence-electron chi connectivity index (χ0n) is 44.7. The Morgan fingerprint density at radius 1 is 0.471 bits per heavy atom. The van der Waals surface area contributed by atoms with Crippen molar-refractivity contribution in [2.75, 3.05) is 26.4 Å². The number of unbranched alkanes of at least 4 members (excludes halogenated alkanes) is 24. The highest BCUT2D eigenvalue weighted by molar-refractivity contribution is 5.69. The normalized spacial score (nSPS) is 19.5. The van der Waals surface area contributed by atoms with Crippen LogP contribution in [-0.4, -0.2) is 89.6 Å². The monoisotopic (exact) mass is 983 g/mol. The van der Waals surface area contributed by atoms with Crippen LogP contribution < -0.4 is 0 Å². The molecule has 0 radical (unpaired) electrons. The first kappa shape index (κ1) is 65.4. The second kappa shape index (κ2) is 51.3. The molecule has 0 bridgehead atoms. The number of carbonyl (C=O) groups excluding carboxylic acids is 1. The van der Waals surface area contributed by atoms with E-state index in [-0.39, 0.29) is 19.2 Å². The smallest absolute Gasteiger partial charge is 0.306 e. The first-order valence-corrected chi connectivity index (χ1v) is 28.7. The third kappa shape index (κ3) is 40.9. The summed E-state index contributed by atoms with van der Waals surface area (Å²) in [6, 6.07) is 0. The molecule has 404 valence electrons. The van der Waals surface area contributed by atoms with Crippen LogP contribution in [0.5, 0.6) is 0 Å². The molecular formula is C61H106O9. The molecule has 0 spiro atoms. The zero-order chi connectivity index (χ0) is 50.6. The van der Waals surface area contributed by atoms with E-state index in [1.165, 1.54) is 128 Å². The Bertz CT molecular complexity index is 1350. The molecule has 0 aromatic rings. The summed E-state index contributed by atoms with van der Waals surface area (Å²) in [6.07, 6.45) is 63.4. The Hall–Kier alpha value is -2.63. The number of aliphatic hydroxyl groups excluding tert-OH is 4. The summed E-state index contributed by atoms with van der Waals surface area (Å²) in [4.78, 5) is 12.9. The molecule has 0 amide bonds. The van der Waals surface area contributed by atoms with Crippen molar-refractivity contribution >= 4 is 5.97 Å². The number of allylic oxidation sites excluding steroid dienone is 14. The van der Waals surface area contributed by atoms with Gasteiger partial charge in [0.15, 0.2) is 6.29 Å². The largest absolute Gasteiger partial charge is 0.457 e. The van der Waals surface area contributed by atoms with Gasteiger partial charge in [-0.3, -0.25) is 4.79 Å². The molecule has 0 aromatic carbocycles. The van der Waals surface area contributed by atoms with Crippen molar-refractivity contribution < 1.29 is 44.2 Å². The van der Waals surface area contributed by atoms with Crippen LogP contribution in [0.4, 0.5) is 0 Å². The fourth-order valence-corrected chi connectivity index (χ4v) is 8.37. The Kier molecular flexibility index (Phi) is 47.9. The molecule has 1 rings (SSSR count). The molecule has 1 fully saturated rings. The summed E-state index contributed by atoms with van der Waals surface area (Å²) in [5, 5.41) is 40.4. The minimum absolute atomic E-state index is 0.123. The lowest BCUT2D eigenvalue weighted by Crippen LogP contribution is -2.59. The Labute approximate surface area is 429 Å². The SMILES string of the molecule is CC/C=C\C/C=C\C/C=C\C/C=C\CCCCCCCCCCCCCCCOCC(COC1OC(CO)C(O)C(O)C1O)OC(=O)CCCCCCCC/C=C\C/C=C\C/C=C\CCCCCCC. The summed E-state index contributed by atoms with van der Waals surface area (Å²) in [6.45, 7) is 4.43. The van der Waals surface area contributed by atoms with Gasteiger partial charge in [-0.2, -0.15) is 0 Å². The van der Waals surface area contributed by atoms with Gasteiger partial charge in [-0.15, -0.1) is 0 Å². The maximum absolute atomic E-state index is 12.9. The minimum atomic E-state index is -1.54. The third-order valence-corrected chi connectivity index (χ3v) is 12.8. The predicted molar refractivity (Wildman–Crippen MR) is 293 cm³/mol. The summed E-state index contributed by atoms with van der Waals surface area (Å²) in [5.74, 6) is -0.326. The second-order valence-corrected chi connectivity index (χ2v) is 19.4. The molecule has 9 nitrogen and oxygen atoms in total. The van der Waals surface area contributed by atoms with Crippen molar-refractivity contribution in [3.63, 3.8) is 0 Å². The lowest BCUT2D eigenvalue weighted by Gasteiger charge is -2.39. The van der Waals surface area contributed by atoms with Crippen LogP contribution >= 0.6 is 0 Å². The van der Waals surface area contributed by atoms with E-state index in [0.717, 1.165) is 83.5 Å². The average Bonchev–Trinajstić information content (AvgIpc) is 3.36. The van der Waals surface area contributed by atoms with E-state index in [2.05, 4.69) is 98.9 Å². The van der Waals surface area contributed by atoms with Crippen molar-refractivity contribution in [2.24, 2.45) is 0 Å². The van der Waals surface area contributed by atoms with Crippen molar-refractivity contribution in [1.82, 2.24) is 0 Å². The van der Waals surface area contributed by atoms with Crippen LogP contribution in [0.25, 0.3) is 0 Å². The van der Waals surface area contributed by atoms with E-state index in [9.17, 15) is 25.2 Å². The van der Waals surface area contributed by atoms with Crippen molar-refractivity contribution in [3.05, 3.63) is 85.1 Å². The van der Waals surface area contributed by atoms with Gasteiger partial charge in [0.25, 0.3) is 0 Å². The van der Waals surface area contributed by atoms with Crippen LogP contribution in [0.1, 0.15) is 232 Å². The average molecular weight is 984 g/mol. The quantitative estimate of drug-likeness (QED) is 0.0267. The van der Waals surface area contributed by atoms with Gasteiger partial charge < -0.3 is 39.4 Å². The van der Waals surface area contributed by atoms with Gasteiger partial charge in [0.1, 0.15) is 30.5 Å². The molecule has 9 heteroatoms. The first-order chi connectivity index (χ1) is 34.4. The number of ether oxygens (including phenoxy) is 4. The Morgan fingerprint density at radius 3 is 1.31 bits per heavy atom. The van der Waals surface area contributed by atoms with Gasteiger partial charge >= 0.3 is 5.97 Å². The second-order valence-electron chi connectivity index (χ2n) is 19.4. The van der Waals surface area contributed by atoms with Crippen LogP contribution in [0.2, 0.25) is 0 Å². The summed E-state index contributed by atoms with van der Waals surface area (Å²) in [7, 11) is 0. The van der Waals surface area contributed by atoms with Crippen molar-refractivity contribution in [2.45, 2.75) is 269 Å². The molecule has 1 aliphatic rings. The lowest BCUT2D eigenvalue weighted by molar-refractivity contribution is -0.305.